The highest BCUT2D eigenvalue weighted by atomic mass is 16.5. The van der Waals surface area contributed by atoms with Gasteiger partial charge in [0.25, 0.3) is 0 Å². The third-order valence-electron chi connectivity index (χ3n) is 5.82. The quantitative estimate of drug-likeness (QED) is 0.307. The van der Waals surface area contributed by atoms with Gasteiger partial charge in [0.1, 0.15) is 17.1 Å². The van der Waals surface area contributed by atoms with Gasteiger partial charge in [-0.3, -0.25) is 4.79 Å². The molecule has 4 aromatic rings. The van der Waals surface area contributed by atoms with Gasteiger partial charge in [0, 0.05) is 34.7 Å². The summed E-state index contributed by atoms with van der Waals surface area (Å²) in [4.78, 5) is 12.7. The maximum atomic E-state index is 12.7. The standard InChI is InChI=1S/C29H29NO4/c1-5-33-28-20(3)29-25(26(18-34-29)22-11-13-23(32-4)14-12-22)16-24(28)19(2)15-27(31)30-17-21-9-7-6-8-10-21/h6-16,18H,5,17H2,1-4H3,(H,30,31)/b19-15+. The van der Waals surface area contributed by atoms with Crippen molar-refractivity contribution < 1.29 is 18.7 Å². The van der Waals surface area contributed by atoms with Gasteiger partial charge in [-0.25, -0.2) is 0 Å². The van der Waals surface area contributed by atoms with Crippen molar-refractivity contribution in [2.45, 2.75) is 27.3 Å². The van der Waals surface area contributed by atoms with Gasteiger partial charge in [0.05, 0.1) is 20.0 Å². The van der Waals surface area contributed by atoms with Crippen LogP contribution in [0.1, 0.15) is 30.5 Å². The fourth-order valence-corrected chi connectivity index (χ4v) is 4.04. The number of aryl methyl sites for hydroxylation is 1. The summed E-state index contributed by atoms with van der Waals surface area (Å²) < 4.78 is 17.3. The van der Waals surface area contributed by atoms with E-state index in [1.165, 1.54) is 0 Å². The van der Waals surface area contributed by atoms with E-state index < -0.39 is 0 Å². The van der Waals surface area contributed by atoms with E-state index in [0.29, 0.717) is 13.2 Å². The molecule has 0 radical (unpaired) electrons. The summed E-state index contributed by atoms with van der Waals surface area (Å²) >= 11 is 0. The molecule has 4 rings (SSSR count). The van der Waals surface area contributed by atoms with Gasteiger partial charge in [0.2, 0.25) is 5.91 Å². The second-order valence-electron chi connectivity index (χ2n) is 8.10. The minimum Gasteiger partial charge on any atom is -0.497 e. The number of ether oxygens (including phenoxy) is 2. The smallest absolute Gasteiger partial charge is 0.244 e. The molecule has 0 saturated carbocycles. The monoisotopic (exact) mass is 455 g/mol. The number of carbonyl (C=O) groups excluding carboxylic acids is 1. The molecule has 34 heavy (non-hydrogen) atoms. The number of hydrogen-bond acceptors (Lipinski definition) is 4. The lowest BCUT2D eigenvalue weighted by Gasteiger charge is -2.15. The second kappa shape index (κ2) is 10.3. The Balaban J connectivity index is 1.71. The molecule has 0 bridgehead atoms. The fourth-order valence-electron chi connectivity index (χ4n) is 4.04. The third-order valence-corrected chi connectivity index (χ3v) is 5.82. The van der Waals surface area contributed by atoms with Gasteiger partial charge in [-0.05, 0) is 55.7 Å². The van der Waals surface area contributed by atoms with Crippen LogP contribution in [0.4, 0.5) is 0 Å². The van der Waals surface area contributed by atoms with Crippen molar-refractivity contribution in [3.63, 3.8) is 0 Å². The van der Waals surface area contributed by atoms with Gasteiger partial charge in [-0.2, -0.15) is 0 Å². The van der Waals surface area contributed by atoms with Gasteiger partial charge >= 0.3 is 0 Å². The maximum absolute atomic E-state index is 12.7. The van der Waals surface area contributed by atoms with E-state index in [9.17, 15) is 4.79 Å². The van der Waals surface area contributed by atoms with Crippen molar-refractivity contribution >= 4 is 22.4 Å². The van der Waals surface area contributed by atoms with E-state index >= 15 is 0 Å². The topological polar surface area (TPSA) is 60.7 Å². The molecule has 1 amide bonds. The molecule has 5 heteroatoms. The zero-order valence-electron chi connectivity index (χ0n) is 20.0. The highest BCUT2D eigenvalue weighted by Crippen LogP contribution is 2.41. The third kappa shape index (κ3) is 4.84. The predicted octanol–water partition coefficient (Wildman–Crippen LogP) is 6.54. The molecule has 0 atom stereocenters. The first-order chi connectivity index (χ1) is 16.5. The van der Waals surface area contributed by atoms with Gasteiger partial charge in [-0.1, -0.05) is 42.5 Å². The van der Waals surface area contributed by atoms with Crippen molar-refractivity contribution in [3.8, 4) is 22.6 Å². The lowest BCUT2D eigenvalue weighted by atomic mass is 9.96. The summed E-state index contributed by atoms with van der Waals surface area (Å²) in [6, 6.07) is 19.8. The van der Waals surface area contributed by atoms with E-state index in [1.54, 1.807) is 19.4 Å². The average molecular weight is 456 g/mol. The van der Waals surface area contributed by atoms with Crippen LogP contribution in [-0.2, 0) is 11.3 Å². The number of allylic oxidation sites excluding steroid dienone is 1. The zero-order valence-corrected chi connectivity index (χ0v) is 20.0. The Morgan fingerprint density at radius 1 is 1.09 bits per heavy atom. The molecule has 0 fully saturated rings. The lowest BCUT2D eigenvalue weighted by molar-refractivity contribution is -0.116. The first-order valence-corrected chi connectivity index (χ1v) is 11.3. The Bertz CT molecular complexity index is 1320. The molecular weight excluding hydrogens is 426 g/mol. The Morgan fingerprint density at radius 3 is 2.50 bits per heavy atom. The van der Waals surface area contributed by atoms with Crippen LogP contribution in [0.5, 0.6) is 11.5 Å². The number of benzene rings is 3. The van der Waals surface area contributed by atoms with Crippen LogP contribution in [0.2, 0.25) is 0 Å². The van der Waals surface area contributed by atoms with Crippen molar-refractivity contribution in [1.29, 1.82) is 0 Å². The van der Waals surface area contributed by atoms with Crippen LogP contribution in [0.15, 0.2) is 77.4 Å². The van der Waals surface area contributed by atoms with Crippen LogP contribution in [-0.4, -0.2) is 19.6 Å². The van der Waals surface area contributed by atoms with Gasteiger partial charge in [-0.15, -0.1) is 0 Å². The zero-order chi connectivity index (χ0) is 24.1. The number of carbonyl (C=O) groups is 1. The molecule has 5 nitrogen and oxygen atoms in total. The Morgan fingerprint density at radius 2 is 1.82 bits per heavy atom. The summed E-state index contributed by atoms with van der Waals surface area (Å²) in [6.07, 6.45) is 3.39. The van der Waals surface area contributed by atoms with E-state index in [1.807, 2.05) is 81.4 Å². The van der Waals surface area contributed by atoms with Crippen LogP contribution >= 0.6 is 0 Å². The molecule has 0 spiro atoms. The van der Waals surface area contributed by atoms with E-state index in [-0.39, 0.29) is 5.91 Å². The van der Waals surface area contributed by atoms with E-state index in [2.05, 4.69) is 5.32 Å². The first kappa shape index (κ1) is 23.2. The lowest BCUT2D eigenvalue weighted by Crippen LogP contribution is -2.20. The largest absolute Gasteiger partial charge is 0.497 e. The molecule has 1 N–H and O–H groups in total. The molecule has 3 aromatic carbocycles. The number of furan rings is 1. The first-order valence-electron chi connectivity index (χ1n) is 11.3. The Labute approximate surface area is 200 Å². The molecule has 0 aliphatic carbocycles. The van der Waals surface area contributed by atoms with Gasteiger partial charge < -0.3 is 19.2 Å². The van der Waals surface area contributed by atoms with E-state index in [4.69, 9.17) is 13.9 Å². The number of fused-ring (bicyclic) bond motifs is 1. The number of methoxy groups -OCH3 is 1. The van der Waals surface area contributed by atoms with Crippen molar-refractivity contribution in [3.05, 3.63) is 89.7 Å². The van der Waals surface area contributed by atoms with E-state index in [0.717, 1.165) is 55.9 Å². The Hall–Kier alpha value is -3.99. The summed E-state index contributed by atoms with van der Waals surface area (Å²) in [5.74, 6) is 1.38. The summed E-state index contributed by atoms with van der Waals surface area (Å²) in [5.41, 5.74) is 6.43. The highest BCUT2D eigenvalue weighted by molar-refractivity contribution is 6.01. The molecule has 0 aliphatic heterocycles. The molecule has 0 aliphatic rings. The molecule has 0 unspecified atom stereocenters. The molecule has 0 saturated heterocycles. The number of nitrogens with one attached hydrogen (secondary N) is 1. The summed E-state index contributed by atoms with van der Waals surface area (Å²) in [6.45, 7) is 6.85. The van der Waals surface area contributed by atoms with Crippen LogP contribution < -0.4 is 14.8 Å². The van der Waals surface area contributed by atoms with Crippen LogP contribution in [0.25, 0.3) is 27.7 Å². The molecule has 1 heterocycles. The maximum Gasteiger partial charge on any atom is 0.244 e. The van der Waals surface area contributed by atoms with Crippen LogP contribution in [0.3, 0.4) is 0 Å². The number of amides is 1. The van der Waals surface area contributed by atoms with Gasteiger partial charge in [0.15, 0.2) is 0 Å². The molecular formula is C29H29NO4. The molecule has 1 aromatic heterocycles. The second-order valence-corrected chi connectivity index (χ2v) is 8.10. The van der Waals surface area contributed by atoms with Crippen molar-refractivity contribution in [2.24, 2.45) is 0 Å². The van der Waals surface area contributed by atoms with Crippen LogP contribution in [0, 0.1) is 6.92 Å². The molecule has 174 valence electrons. The van der Waals surface area contributed by atoms with Crippen molar-refractivity contribution in [2.75, 3.05) is 13.7 Å². The summed E-state index contributed by atoms with van der Waals surface area (Å²) in [7, 11) is 1.65. The predicted molar refractivity (Wildman–Crippen MR) is 136 cm³/mol. The SMILES string of the molecule is CCOc1c(/C(C)=C/C(=O)NCc2ccccc2)cc2c(-c3ccc(OC)cc3)coc2c1C. The average Bonchev–Trinajstić information content (AvgIpc) is 3.29. The highest BCUT2D eigenvalue weighted by Gasteiger charge is 2.19. The minimum atomic E-state index is -0.149. The number of rotatable bonds is 8. The number of hydrogen-bond donors (Lipinski definition) is 1. The normalized spacial score (nSPS) is 11.5. The van der Waals surface area contributed by atoms with Crippen molar-refractivity contribution in [1.82, 2.24) is 5.32 Å². The summed E-state index contributed by atoms with van der Waals surface area (Å²) in [5, 5.41) is 3.93. The fraction of sp³-hybridized carbons (Fsp3) is 0.207. The minimum absolute atomic E-state index is 0.149. The Kier molecular flexibility index (Phi) is 7.02.